The Hall–Kier alpha value is -0.710. The molecule has 80 valence electrons. The molecule has 0 fully saturated rings. The third-order valence-electron chi connectivity index (χ3n) is 2.28. The molecule has 1 N–H and O–H groups in total. The van der Waals surface area contributed by atoms with Gasteiger partial charge >= 0.3 is 0 Å². The van der Waals surface area contributed by atoms with E-state index >= 15 is 0 Å². The summed E-state index contributed by atoms with van der Waals surface area (Å²) < 4.78 is 0. The topological polar surface area (TPSA) is 24.9 Å². The Morgan fingerprint density at radius 3 is 2.87 bits per heavy atom. The van der Waals surface area contributed by atoms with E-state index in [4.69, 9.17) is 0 Å². The summed E-state index contributed by atoms with van der Waals surface area (Å²) in [5.74, 6) is 0. The number of rotatable bonds is 4. The van der Waals surface area contributed by atoms with Crippen molar-refractivity contribution in [1.29, 1.82) is 0 Å². The number of hydrogen-bond acceptors (Lipinski definition) is 4. The molecule has 0 amide bonds. The molecule has 0 saturated carbocycles. The first-order valence-electron chi connectivity index (χ1n) is 4.84. The second-order valence-electron chi connectivity index (χ2n) is 3.95. The lowest BCUT2D eigenvalue weighted by Crippen LogP contribution is -2.35. The van der Waals surface area contributed by atoms with Gasteiger partial charge in [0.05, 0.1) is 5.54 Å². The second-order valence-corrected chi connectivity index (χ2v) is 5.62. The highest BCUT2D eigenvalue weighted by molar-refractivity contribution is 7.09. The Kier molecular flexibility index (Phi) is 3.19. The van der Waals surface area contributed by atoms with Crippen LogP contribution in [0, 0.1) is 0 Å². The van der Waals surface area contributed by atoms with Gasteiger partial charge in [-0.3, -0.25) is 0 Å². The van der Waals surface area contributed by atoms with Crippen molar-refractivity contribution in [3.63, 3.8) is 0 Å². The molecule has 0 aliphatic carbocycles. The maximum Gasteiger partial charge on any atom is 0.112 e. The van der Waals surface area contributed by atoms with Gasteiger partial charge in [-0.2, -0.15) is 11.3 Å². The molecule has 0 spiro atoms. The number of aromatic nitrogens is 1. The molecule has 0 saturated heterocycles. The Morgan fingerprint density at radius 1 is 1.40 bits per heavy atom. The molecule has 2 rings (SSSR count). The molecular formula is C11H14N2S2. The maximum absolute atomic E-state index is 4.35. The van der Waals surface area contributed by atoms with Crippen molar-refractivity contribution in [1.82, 2.24) is 10.3 Å². The quantitative estimate of drug-likeness (QED) is 0.884. The third kappa shape index (κ3) is 2.65. The van der Waals surface area contributed by atoms with E-state index in [1.54, 1.807) is 22.7 Å². The fraction of sp³-hybridized carbons (Fsp3) is 0.364. The summed E-state index contributed by atoms with van der Waals surface area (Å²) in [5, 5.41) is 10.9. The standard InChI is InChI=1S/C11H14N2S2/c1-11(2,10-12-4-6-15-10)13-7-9-3-5-14-8-9/h3-6,8,13H,7H2,1-2H3. The van der Waals surface area contributed by atoms with Crippen molar-refractivity contribution in [3.8, 4) is 0 Å². The van der Waals surface area contributed by atoms with Crippen molar-refractivity contribution in [2.45, 2.75) is 25.9 Å². The minimum atomic E-state index is -0.0455. The van der Waals surface area contributed by atoms with Crippen molar-refractivity contribution >= 4 is 22.7 Å². The van der Waals surface area contributed by atoms with Gasteiger partial charge in [-0.25, -0.2) is 4.98 Å². The monoisotopic (exact) mass is 238 g/mol. The molecule has 15 heavy (non-hydrogen) atoms. The van der Waals surface area contributed by atoms with Crippen LogP contribution in [0.3, 0.4) is 0 Å². The minimum absolute atomic E-state index is 0.0455. The molecule has 0 aromatic carbocycles. The summed E-state index contributed by atoms with van der Waals surface area (Å²) in [6, 6.07) is 2.15. The highest BCUT2D eigenvalue weighted by Gasteiger charge is 2.22. The van der Waals surface area contributed by atoms with Gasteiger partial charge in [0.1, 0.15) is 5.01 Å². The molecule has 2 aromatic rings. The van der Waals surface area contributed by atoms with Crippen LogP contribution in [0.25, 0.3) is 0 Å². The molecular weight excluding hydrogens is 224 g/mol. The molecule has 2 nitrogen and oxygen atoms in total. The summed E-state index contributed by atoms with van der Waals surface area (Å²) in [7, 11) is 0. The first-order chi connectivity index (χ1) is 7.18. The van der Waals surface area contributed by atoms with Gasteiger partial charge in [-0.05, 0) is 36.2 Å². The van der Waals surface area contributed by atoms with Crippen LogP contribution in [-0.4, -0.2) is 4.98 Å². The summed E-state index contributed by atoms with van der Waals surface area (Å²) in [4.78, 5) is 4.35. The van der Waals surface area contributed by atoms with E-state index in [0.29, 0.717) is 0 Å². The van der Waals surface area contributed by atoms with Gasteiger partial charge in [-0.1, -0.05) is 0 Å². The molecule has 0 unspecified atom stereocenters. The predicted molar refractivity (Wildman–Crippen MR) is 66.3 cm³/mol. The van der Waals surface area contributed by atoms with Gasteiger partial charge < -0.3 is 5.32 Å². The van der Waals surface area contributed by atoms with E-state index in [0.717, 1.165) is 11.6 Å². The highest BCUT2D eigenvalue weighted by atomic mass is 32.1. The molecule has 0 radical (unpaired) electrons. The van der Waals surface area contributed by atoms with Crippen LogP contribution in [0.4, 0.5) is 0 Å². The van der Waals surface area contributed by atoms with E-state index in [-0.39, 0.29) is 5.54 Å². The van der Waals surface area contributed by atoms with E-state index in [1.165, 1.54) is 5.56 Å². The van der Waals surface area contributed by atoms with E-state index in [2.05, 4.69) is 41.0 Å². The number of thiophene rings is 1. The Morgan fingerprint density at radius 2 is 2.27 bits per heavy atom. The van der Waals surface area contributed by atoms with Gasteiger partial charge in [0.2, 0.25) is 0 Å². The summed E-state index contributed by atoms with van der Waals surface area (Å²) >= 11 is 3.43. The largest absolute Gasteiger partial charge is 0.302 e. The highest BCUT2D eigenvalue weighted by Crippen LogP contribution is 2.22. The van der Waals surface area contributed by atoms with Gasteiger partial charge in [-0.15, -0.1) is 11.3 Å². The normalized spacial score (nSPS) is 11.9. The molecule has 0 atom stereocenters. The average molecular weight is 238 g/mol. The number of nitrogens with one attached hydrogen (secondary N) is 1. The first-order valence-corrected chi connectivity index (χ1v) is 6.67. The van der Waals surface area contributed by atoms with Crippen LogP contribution in [0.2, 0.25) is 0 Å². The molecule has 0 bridgehead atoms. The maximum atomic E-state index is 4.35. The Balaban J connectivity index is 1.99. The first kappa shape index (κ1) is 10.8. The Bertz CT molecular complexity index is 390. The fourth-order valence-corrected chi connectivity index (χ4v) is 2.73. The zero-order valence-electron chi connectivity index (χ0n) is 8.86. The number of nitrogens with zero attached hydrogens (tertiary/aromatic N) is 1. The van der Waals surface area contributed by atoms with Crippen LogP contribution in [0.15, 0.2) is 28.4 Å². The van der Waals surface area contributed by atoms with Gasteiger partial charge in [0.15, 0.2) is 0 Å². The van der Waals surface area contributed by atoms with E-state index in [9.17, 15) is 0 Å². The molecule has 2 heterocycles. The molecule has 4 heteroatoms. The van der Waals surface area contributed by atoms with Crippen molar-refractivity contribution in [3.05, 3.63) is 39.0 Å². The average Bonchev–Trinajstić information content (AvgIpc) is 2.88. The number of hydrogen-bond donors (Lipinski definition) is 1. The van der Waals surface area contributed by atoms with E-state index in [1.807, 2.05) is 11.6 Å². The van der Waals surface area contributed by atoms with Crippen molar-refractivity contribution in [2.75, 3.05) is 0 Å². The zero-order valence-corrected chi connectivity index (χ0v) is 10.5. The van der Waals surface area contributed by atoms with Crippen LogP contribution >= 0.6 is 22.7 Å². The molecule has 2 aromatic heterocycles. The summed E-state index contributed by atoms with van der Waals surface area (Å²) in [6.07, 6.45) is 1.86. The van der Waals surface area contributed by atoms with Gasteiger partial charge in [0, 0.05) is 18.1 Å². The SMILES string of the molecule is CC(C)(NCc1ccsc1)c1nccs1. The second kappa shape index (κ2) is 4.43. The molecule has 0 aliphatic heterocycles. The van der Waals surface area contributed by atoms with Crippen molar-refractivity contribution in [2.24, 2.45) is 0 Å². The summed E-state index contributed by atoms with van der Waals surface area (Å²) in [5.41, 5.74) is 1.29. The lowest BCUT2D eigenvalue weighted by atomic mass is 10.1. The van der Waals surface area contributed by atoms with E-state index < -0.39 is 0 Å². The van der Waals surface area contributed by atoms with Crippen LogP contribution in [0.5, 0.6) is 0 Å². The zero-order chi connectivity index (χ0) is 10.7. The van der Waals surface area contributed by atoms with Crippen LogP contribution in [-0.2, 0) is 12.1 Å². The third-order valence-corrected chi connectivity index (χ3v) is 4.11. The minimum Gasteiger partial charge on any atom is -0.302 e. The lowest BCUT2D eigenvalue weighted by molar-refractivity contribution is 0.400. The lowest BCUT2D eigenvalue weighted by Gasteiger charge is -2.23. The summed E-state index contributed by atoms with van der Waals surface area (Å²) in [6.45, 7) is 5.23. The number of thiazole rings is 1. The fourth-order valence-electron chi connectivity index (χ4n) is 1.32. The Labute approximate surface area is 98.0 Å². The van der Waals surface area contributed by atoms with Gasteiger partial charge in [0.25, 0.3) is 0 Å². The van der Waals surface area contributed by atoms with Crippen LogP contribution in [0.1, 0.15) is 24.4 Å². The molecule has 0 aliphatic rings. The van der Waals surface area contributed by atoms with Crippen LogP contribution < -0.4 is 5.32 Å². The smallest absolute Gasteiger partial charge is 0.112 e. The van der Waals surface area contributed by atoms with Crippen molar-refractivity contribution < 1.29 is 0 Å². The predicted octanol–water partition coefficient (Wildman–Crippen LogP) is 3.23.